The van der Waals surface area contributed by atoms with Crippen molar-refractivity contribution in [2.75, 3.05) is 13.1 Å². The summed E-state index contributed by atoms with van der Waals surface area (Å²) in [6.45, 7) is 1.60. The number of aromatic nitrogens is 2. The number of carbonyl (C=O) groups is 1. The molecule has 1 fully saturated rings. The van der Waals surface area contributed by atoms with Gasteiger partial charge in [0.05, 0.1) is 26.5 Å². The molecule has 2 aromatic heterocycles. The first-order valence-corrected chi connectivity index (χ1v) is 9.16. The van der Waals surface area contributed by atoms with Crippen molar-refractivity contribution in [3.8, 4) is 11.6 Å². The minimum absolute atomic E-state index is 0.0166. The van der Waals surface area contributed by atoms with Gasteiger partial charge in [-0.1, -0.05) is 23.2 Å². The number of amides is 1. The molecular weight excluding hydrogens is 373 g/mol. The van der Waals surface area contributed by atoms with E-state index in [1.54, 1.807) is 24.4 Å². The minimum Gasteiger partial charge on any atom is -0.438 e. The number of ether oxygens (including phenoxy) is 1. The Bertz CT molecular complexity index is 994. The molecule has 0 aliphatic carbocycles. The number of halogens is 2. The van der Waals surface area contributed by atoms with Gasteiger partial charge in [0.2, 0.25) is 5.88 Å². The van der Waals surface area contributed by atoms with Crippen molar-refractivity contribution >= 4 is 40.0 Å². The van der Waals surface area contributed by atoms with Crippen LogP contribution in [0.5, 0.6) is 11.6 Å². The van der Waals surface area contributed by atoms with E-state index in [1.165, 1.54) is 0 Å². The van der Waals surface area contributed by atoms with E-state index in [0.717, 1.165) is 36.8 Å². The quantitative estimate of drug-likeness (QED) is 0.639. The second-order valence-electron chi connectivity index (χ2n) is 6.34. The lowest BCUT2D eigenvalue weighted by molar-refractivity contribution is 0.0794. The first kappa shape index (κ1) is 17.2. The summed E-state index contributed by atoms with van der Waals surface area (Å²) in [5, 5.41) is 1.65. The highest BCUT2D eigenvalue weighted by Gasteiger charge is 2.24. The Hall–Kier alpha value is -2.24. The van der Waals surface area contributed by atoms with Crippen LogP contribution in [0.25, 0.3) is 10.9 Å². The number of aryl methyl sites for hydroxylation is 1. The van der Waals surface area contributed by atoms with Crippen LogP contribution in [0.1, 0.15) is 23.2 Å². The fourth-order valence-electron chi connectivity index (χ4n) is 3.27. The van der Waals surface area contributed by atoms with E-state index in [9.17, 15) is 4.79 Å². The van der Waals surface area contributed by atoms with Gasteiger partial charge in [-0.2, -0.15) is 0 Å². The second-order valence-corrected chi connectivity index (χ2v) is 7.16. The van der Waals surface area contributed by atoms with Crippen LogP contribution >= 0.6 is 23.2 Å². The summed E-state index contributed by atoms with van der Waals surface area (Å²) in [5.74, 6) is 0.982. The van der Waals surface area contributed by atoms with Gasteiger partial charge in [0.25, 0.3) is 5.91 Å². The monoisotopic (exact) mass is 389 g/mol. The molecule has 0 unspecified atom stereocenters. The summed E-state index contributed by atoms with van der Waals surface area (Å²) in [6, 6.07) is 6.94. The molecule has 0 atom stereocenters. The number of pyridine rings is 1. The Morgan fingerprint density at radius 1 is 1.15 bits per heavy atom. The summed E-state index contributed by atoms with van der Waals surface area (Å²) in [7, 11) is 1.91. The lowest BCUT2D eigenvalue weighted by Crippen LogP contribution is -2.28. The number of rotatable bonds is 3. The first-order valence-electron chi connectivity index (χ1n) is 8.41. The van der Waals surface area contributed by atoms with Crippen molar-refractivity contribution in [2.45, 2.75) is 12.8 Å². The smallest absolute Gasteiger partial charge is 0.257 e. The van der Waals surface area contributed by atoms with E-state index < -0.39 is 0 Å². The maximum atomic E-state index is 12.9. The molecular formula is C19H17Cl2N3O2. The van der Waals surface area contributed by atoms with E-state index in [1.807, 2.05) is 28.8 Å². The number of benzene rings is 1. The van der Waals surface area contributed by atoms with Gasteiger partial charge in [-0.05, 0) is 31.0 Å². The van der Waals surface area contributed by atoms with Crippen molar-refractivity contribution in [1.29, 1.82) is 0 Å². The van der Waals surface area contributed by atoms with E-state index in [0.29, 0.717) is 27.2 Å². The predicted octanol–water partition coefficient (Wildman–Crippen LogP) is 4.91. The number of hydrogen-bond acceptors (Lipinski definition) is 3. The summed E-state index contributed by atoms with van der Waals surface area (Å²) in [4.78, 5) is 19.1. The first-order chi connectivity index (χ1) is 12.5. The van der Waals surface area contributed by atoms with Gasteiger partial charge >= 0.3 is 0 Å². The number of likely N-dealkylation sites (tertiary alicyclic amines) is 1. The Morgan fingerprint density at radius 2 is 1.92 bits per heavy atom. The summed E-state index contributed by atoms with van der Waals surface area (Å²) in [6.07, 6.45) is 5.59. The zero-order valence-corrected chi connectivity index (χ0v) is 15.7. The maximum Gasteiger partial charge on any atom is 0.257 e. The topological polar surface area (TPSA) is 47.4 Å². The average Bonchev–Trinajstić information content (AvgIpc) is 3.29. The largest absolute Gasteiger partial charge is 0.438 e. The molecule has 1 aliphatic heterocycles. The highest BCUT2D eigenvalue weighted by atomic mass is 35.5. The van der Waals surface area contributed by atoms with Gasteiger partial charge in [0, 0.05) is 38.6 Å². The van der Waals surface area contributed by atoms with Crippen molar-refractivity contribution in [1.82, 2.24) is 14.5 Å². The molecule has 1 saturated heterocycles. The van der Waals surface area contributed by atoms with E-state index >= 15 is 0 Å². The summed E-state index contributed by atoms with van der Waals surface area (Å²) < 4.78 is 7.83. The van der Waals surface area contributed by atoms with Crippen molar-refractivity contribution in [3.05, 3.63) is 52.3 Å². The molecule has 1 aromatic carbocycles. The van der Waals surface area contributed by atoms with Crippen LogP contribution in [0.4, 0.5) is 0 Å². The number of nitrogens with zero attached hydrogens (tertiary/aromatic N) is 3. The fraction of sp³-hybridized carbons (Fsp3) is 0.263. The molecule has 0 N–H and O–H groups in total. The lowest BCUT2D eigenvalue weighted by atomic mass is 10.2. The molecule has 1 aliphatic rings. The number of hydrogen-bond donors (Lipinski definition) is 0. The lowest BCUT2D eigenvalue weighted by Gasteiger charge is -2.17. The highest BCUT2D eigenvalue weighted by Crippen LogP contribution is 2.33. The molecule has 0 radical (unpaired) electrons. The second kappa shape index (κ2) is 6.82. The molecule has 3 heterocycles. The van der Waals surface area contributed by atoms with Crippen LogP contribution in [-0.2, 0) is 7.05 Å². The SMILES string of the molecule is Cn1ccc2c(Oc3ccc(Cl)c(Cl)c3)ncc(C(=O)N3CCCC3)c21. The molecule has 3 aromatic rings. The minimum atomic E-state index is 0.0166. The molecule has 5 nitrogen and oxygen atoms in total. The maximum absolute atomic E-state index is 12.9. The Morgan fingerprint density at radius 3 is 2.65 bits per heavy atom. The van der Waals surface area contributed by atoms with Crippen LogP contribution in [0.15, 0.2) is 36.7 Å². The molecule has 26 heavy (non-hydrogen) atoms. The van der Waals surface area contributed by atoms with Gasteiger partial charge in [-0.25, -0.2) is 4.98 Å². The third kappa shape index (κ3) is 3.02. The summed E-state index contributed by atoms with van der Waals surface area (Å²) in [5.41, 5.74) is 1.41. The van der Waals surface area contributed by atoms with Crippen LogP contribution in [-0.4, -0.2) is 33.4 Å². The van der Waals surface area contributed by atoms with Gasteiger partial charge in [-0.15, -0.1) is 0 Å². The average molecular weight is 390 g/mol. The third-order valence-electron chi connectivity index (χ3n) is 4.60. The predicted molar refractivity (Wildman–Crippen MR) is 102 cm³/mol. The third-order valence-corrected chi connectivity index (χ3v) is 5.34. The van der Waals surface area contributed by atoms with Crippen LogP contribution < -0.4 is 4.74 Å². The molecule has 0 bridgehead atoms. The zero-order chi connectivity index (χ0) is 18.3. The Kier molecular flexibility index (Phi) is 4.51. The Labute approximate surface area is 161 Å². The summed E-state index contributed by atoms with van der Waals surface area (Å²) >= 11 is 12.0. The number of carbonyl (C=O) groups excluding carboxylic acids is 1. The van der Waals surface area contributed by atoms with Crippen LogP contribution in [0.3, 0.4) is 0 Å². The zero-order valence-electron chi connectivity index (χ0n) is 14.2. The molecule has 0 saturated carbocycles. The Balaban J connectivity index is 1.74. The van der Waals surface area contributed by atoms with Crippen molar-refractivity contribution < 1.29 is 9.53 Å². The molecule has 1 amide bonds. The standard InChI is InChI=1S/C19H17Cl2N3O2/c1-23-9-6-13-17(23)14(19(25)24-7-2-3-8-24)11-22-18(13)26-12-4-5-15(20)16(21)10-12/h4-6,9-11H,2-3,7-8H2,1H3. The number of fused-ring (bicyclic) bond motifs is 1. The van der Waals surface area contributed by atoms with Crippen molar-refractivity contribution in [3.63, 3.8) is 0 Å². The van der Waals surface area contributed by atoms with E-state index in [2.05, 4.69) is 4.98 Å². The molecule has 134 valence electrons. The van der Waals surface area contributed by atoms with Crippen molar-refractivity contribution in [2.24, 2.45) is 7.05 Å². The van der Waals surface area contributed by atoms with E-state index in [4.69, 9.17) is 27.9 Å². The van der Waals surface area contributed by atoms with E-state index in [-0.39, 0.29) is 5.91 Å². The normalized spacial score (nSPS) is 14.2. The van der Waals surface area contributed by atoms with Gasteiger partial charge < -0.3 is 14.2 Å². The molecule has 7 heteroatoms. The molecule has 4 rings (SSSR count). The van der Waals surface area contributed by atoms with Gasteiger partial charge in [0.1, 0.15) is 5.75 Å². The van der Waals surface area contributed by atoms with Gasteiger partial charge in [-0.3, -0.25) is 4.79 Å². The van der Waals surface area contributed by atoms with Crippen LogP contribution in [0, 0.1) is 0 Å². The highest BCUT2D eigenvalue weighted by molar-refractivity contribution is 6.42. The fourth-order valence-corrected chi connectivity index (χ4v) is 3.56. The molecule has 0 spiro atoms. The van der Waals surface area contributed by atoms with Crippen LogP contribution in [0.2, 0.25) is 10.0 Å². The van der Waals surface area contributed by atoms with Gasteiger partial charge in [0.15, 0.2) is 0 Å².